The van der Waals surface area contributed by atoms with E-state index in [-0.39, 0.29) is 22.9 Å². The van der Waals surface area contributed by atoms with E-state index in [0.29, 0.717) is 17.2 Å². The highest BCUT2D eigenvalue weighted by Gasteiger charge is 2.23. The number of halogens is 4. The van der Waals surface area contributed by atoms with Crippen molar-refractivity contribution in [2.45, 2.75) is 18.4 Å². The normalized spacial score (nSPS) is 11.2. The van der Waals surface area contributed by atoms with Crippen molar-refractivity contribution in [1.82, 2.24) is 4.72 Å². The number of sulfonamides is 1. The van der Waals surface area contributed by atoms with Crippen molar-refractivity contribution < 1.29 is 26.7 Å². The van der Waals surface area contributed by atoms with E-state index < -0.39 is 32.5 Å². The van der Waals surface area contributed by atoms with Gasteiger partial charge in [0.05, 0.1) is 10.0 Å². The Morgan fingerprint density at radius 1 is 1.12 bits per heavy atom. The van der Waals surface area contributed by atoms with Crippen LogP contribution in [0.2, 0.25) is 10.0 Å². The van der Waals surface area contributed by atoms with Crippen molar-refractivity contribution in [2.75, 3.05) is 0 Å². The third kappa shape index (κ3) is 4.81. The SMILES string of the molecule is CC(=O)NS(=O)(=O)c1cc(F)c(COc2ccc(Cl)c(Cl)c2)cc1F. The second-order valence-corrected chi connectivity index (χ2v) is 7.37. The summed E-state index contributed by atoms with van der Waals surface area (Å²) in [5.74, 6) is -2.88. The highest BCUT2D eigenvalue weighted by atomic mass is 35.5. The molecular formula is C15H11Cl2F2NO4S. The first-order chi connectivity index (χ1) is 11.6. The summed E-state index contributed by atoms with van der Waals surface area (Å²) in [5.41, 5.74) is -0.217. The van der Waals surface area contributed by atoms with Crippen LogP contribution in [0.3, 0.4) is 0 Å². The zero-order valence-corrected chi connectivity index (χ0v) is 15.0. The van der Waals surface area contributed by atoms with Gasteiger partial charge in [-0.1, -0.05) is 23.2 Å². The van der Waals surface area contributed by atoms with Crippen molar-refractivity contribution in [1.29, 1.82) is 0 Å². The largest absolute Gasteiger partial charge is 0.489 e. The minimum absolute atomic E-state index is 0.217. The molecule has 2 aromatic carbocycles. The highest BCUT2D eigenvalue weighted by molar-refractivity contribution is 7.90. The molecule has 10 heteroatoms. The molecule has 0 unspecified atom stereocenters. The van der Waals surface area contributed by atoms with Gasteiger partial charge >= 0.3 is 0 Å². The van der Waals surface area contributed by atoms with Crippen LogP contribution >= 0.6 is 23.2 Å². The fourth-order valence-corrected chi connectivity index (χ4v) is 3.21. The molecule has 0 spiro atoms. The summed E-state index contributed by atoms with van der Waals surface area (Å²) in [6, 6.07) is 5.51. The lowest BCUT2D eigenvalue weighted by Gasteiger charge is -2.11. The minimum Gasteiger partial charge on any atom is -0.489 e. The van der Waals surface area contributed by atoms with Crippen LogP contribution in [-0.4, -0.2) is 14.3 Å². The number of benzene rings is 2. The Bertz CT molecular complexity index is 935. The number of nitrogens with one attached hydrogen (secondary N) is 1. The van der Waals surface area contributed by atoms with Crippen LogP contribution in [-0.2, 0) is 21.4 Å². The lowest BCUT2D eigenvalue weighted by atomic mass is 10.2. The molecule has 134 valence electrons. The number of rotatable bonds is 5. The summed E-state index contributed by atoms with van der Waals surface area (Å²) < 4.78 is 58.5. The van der Waals surface area contributed by atoms with E-state index in [4.69, 9.17) is 27.9 Å². The van der Waals surface area contributed by atoms with Gasteiger partial charge in [-0.15, -0.1) is 0 Å². The second kappa shape index (κ2) is 7.55. The van der Waals surface area contributed by atoms with Crippen molar-refractivity contribution in [3.63, 3.8) is 0 Å². The van der Waals surface area contributed by atoms with E-state index in [0.717, 1.165) is 6.92 Å². The van der Waals surface area contributed by atoms with Gasteiger partial charge in [-0.2, -0.15) is 0 Å². The van der Waals surface area contributed by atoms with Gasteiger partial charge in [-0.25, -0.2) is 21.9 Å². The van der Waals surface area contributed by atoms with Crippen molar-refractivity contribution in [3.05, 3.63) is 57.6 Å². The number of hydrogen-bond donors (Lipinski definition) is 1. The number of hydrogen-bond acceptors (Lipinski definition) is 4. The van der Waals surface area contributed by atoms with Gasteiger partial charge in [0, 0.05) is 18.6 Å². The van der Waals surface area contributed by atoms with Gasteiger partial charge in [-0.3, -0.25) is 4.79 Å². The molecule has 2 aromatic rings. The van der Waals surface area contributed by atoms with E-state index in [9.17, 15) is 22.0 Å². The van der Waals surface area contributed by atoms with Crippen molar-refractivity contribution in [3.8, 4) is 5.75 Å². The molecule has 0 saturated carbocycles. The molecule has 1 amide bonds. The van der Waals surface area contributed by atoms with E-state index in [1.807, 2.05) is 0 Å². The molecule has 0 atom stereocenters. The highest BCUT2D eigenvalue weighted by Crippen LogP contribution is 2.27. The minimum atomic E-state index is -4.49. The monoisotopic (exact) mass is 409 g/mol. The first kappa shape index (κ1) is 19.4. The fraction of sp³-hybridized carbons (Fsp3) is 0.133. The van der Waals surface area contributed by atoms with E-state index in [1.165, 1.54) is 18.2 Å². The predicted octanol–water partition coefficient (Wildman–Crippen LogP) is 3.68. The Morgan fingerprint density at radius 2 is 1.80 bits per heavy atom. The van der Waals surface area contributed by atoms with E-state index >= 15 is 0 Å². The fourth-order valence-electron chi connectivity index (χ4n) is 1.86. The summed E-state index contributed by atoms with van der Waals surface area (Å²) >= 11 is 11.6. The summed E-state index contributed by atoms with van der Waals surface area (Å²) in [4.78, 5) is 9.89. The Balaban J connectivity index is 2.25. The molecule has 0 radical (unpaired) electrons. The van der Waals surface area contributed by atoms with Crippen LogP contribution in [0, 0.1) is 11.6 Å². The van der Waals surface area contributed by atoms with Crippen molar-refractivity contribution in [2.24, 2.45) is 0 Å². The van der Waals surface area contributed by atoms with Gasteiger partial charge < -0.3 is 4.74 Å². The maximum Gasteiger partial charge on any atom is 0.267 e. The number of carbonyl (C=O) groups excluding carboxylic acids is 1. The predicted molar refractivity (Wildman–Crippen MR) is 88.2 cm³/mol. The smallest absolute Gasteiger partial charge is 0.267 e. The van der Waals surface area contributed by atoms with Gasteiger partial charge in [0.25, 0.3) is 10.0 Å². The van der Waals surface area contributed by atoms with Crippen LogP contribution in [0.25, 0.3) is 0 Å². The molecule has 0 saturated heterocycles. The molecule has 1 N–H and O–H groups in total. The van der Waals surface area contributed by atoms with Crippen LogP contribution < -0.4 is 9.46 Å². The maximum absolute atomic E-state index is 14.1. The van der Waals surface area contributed by atoms with Gasteiger partial charge in [-0.05, 0) is 24.3 Å². The zero-order valence-electron chi connectivity index (χ0n) is 12.6. The molecule has 0 fully saturated rings. The van der Waals surface area contributed by atoms with Crippen LogP contribution in [0.4, 0.5) is 8.78 Å². The number of amides is 1. The summed E-state index contributed by atoms with van der Waals surface area (Å²) in [6.07, 6.45) is 0. The Hall–Kier alpha value is -1.90. The van der Waals surface area contributed by atoms with Gasteiger partial charge in [0.15, 0.2) is 0 Å². The van der Waals surface area contributed by atoms with E-state index in [1.54, 1.807) is 4.72 Å². The second-order valence-electron chi connectivity index (χ2n) is 4.90. The molecule has 0 aliphatic rings. The molecule has 0 aromatic heterocycles. The van der Waals surface area contributed by atoms with Gasteiger partial charge in [0.1, 0.15) is 28.9 Å². The maximum atomic E-state index is 14.1. The van der Waals surface area contributed by atoms with Crippen LogP contribution in [0.15, 0.2) is 35.2 Å². The molecule has 0 aliphatic heterocycles. The Labute approximate surface area is 152 Å². The lowest BCUT2D eigenvalue weighted by Crippen LogP contribution is -2.29. The molecule has 5 nitrogen and oxygen atoms in total. The number of ether oxygens (including phenoxy) is 1. The standard InChI is InChI=1S/C15H11Cl2F2NO4S/c1-8(21)20-25(22,23)15-6-13(18)9(4-14(15)19)7-24-10-2-3-11(16)12(17)5-10/h2-6H,7H2,1H3,(H,20,21). The summed E-state index contributed by atoms with van der Waals surface area (Å²) in [5, 5.41) is 0.529. The van der Waals surface area contributed by atoms with Crippen LogP contribution in [0.5, 0.6) is 5.75 Å². The molecule has 25 heavy (non-hydrogen) atoms. The Morgan fingerprint density at radius 3 is 2.40 bits per heavy atom. The molecule has 0 heterocycles. The average Bonchev–Trinajstić information content (AvgIpc) is 2.49. The number of carbonyl (C=O) groups is 1. The molecule has 0 bridgehead atoms. The van der Waals surface area contributed by atoms with Crippen LogP contribution in [0.1, 0.15) is 12.5 Å². The van der Waals surface area contributed by atoms with E-state index in [2.05, 4.69) is 0 Å². The third-order valence-electron chi connectivity index (χ3n) is 2.95. The quantitative estimate of drug-likeness (QED) is 0.817. The summed E-state index contributed by atoms with van der Waals surface area (Å²) in [6.45, 7) is 0.562. The lowest BCUT2D eigenvalue weighted by molar-refractivity contribution is -0.117. The zero-order chi connectivity index (χ0) is 18.8. The molecular weight excluding hydrogens is 399 g/mol. The van der Waals surface area contributed by atoms with Crippen molar-refractivity contribution >= 4 is 39.1 Å². The molecule has 0 aliphatic carbocycles. The molecule has 2 rings (SSSR count). The average molecular weight is 410 g/mol. The first-order valence-corrected chi connectivity index (χ1v) is 8.93. The summed E-state index contributed by atoms with van der Waals surface area (Å²) in [7, 11) is -4.49. The topological polar surface area (TPSA) is 72.5 Å². The third-order valence-corrected chi connectivity index (χ3v) is 5.14. The first-order valence-electron chi connectivity index (χ1n) is 6.69. The Kier molecular flexibility index (Phi) is 5.87. The van der Waals surface area contributed by atoms with Gasteiger partial charge in [0.2, 0.25) is 5.91 Å².